The van der Waals surface area contributed by atoms with Crippen LogP contribution in [0.25, 0.3) is 5.70 Å². The molecule has 0 radical (unpaired) electrons. The lowest BCUT2D eigenvalue weighted by molar-refractivity contribution is -0.110. The van der Waals surface area contributed by atoms with E-state index in [1.807, 2.05) is 42.5 Å². The molecule has 0 saturated carbocycles. The fourth-order valence-electron chi connectivity index (χ4n) is 5.09. The second-order valence-electron chi connectivity index (χ2n) is 8.16. The van der Waals surface area contributed by atoms with Crippen molar-refractivity contribution < 1.29 is 14.3 Å². The van der Waals surface area contributed by atoms with E-state index in [1.165, 1.54) is 17.3 Å². The number of thioether (sulfide) groups is 1. The molecule has 1 aromatic heterocycles. The summed E-state index contributed by atoms with van der Waals surface area (Å²) in [5.74, 6) is 2.36. The van der Waals surface area contributed by atoms with E-state index in [-0.39, 0.29) is 5.12 Å². The fraction of sp³-hybridized carbons (Fsp3) is 0.280. The van der Waals surface area contributed by atoms with Crippen LogP contribution in [-0.2, 0) is 20.7 Å². The summed E-state index contributed by atoms with van der Waals surface area (Å²) in [6, 6.07) is 9.81. The highest BCUT2D eigenvalue weighted by molar-refractivity contribution is 8.13. The molecule has 2 aliphatic heterocycles. The first-order chi connectivity index (χ1) is 15.5. The van der Waals surface area contributed by atoms with Crippen molar-refractivity contribution in [1.82, 2.24) is 9.55 Å². The van der Waals surface area contributed by atoms with E-state index in [9.17, 15) is 4.79 Å². The van der Waals surface area contributed by atoms with Gasteiger partial charge in [0.1, 0.15) is 16.3 Å². The van der Waals surface area contributed by atoms with E-state index in [0.717, 1.165) is 45.9 Å². The smallest absolute Gasteiger partial charge is 0.219 e. The summed E-state index contributed by atoms with van der Waals surface area (Å²) in [4.78, 5) is 19.8. The average molecular weight is 448 g/mol. The maximum atomic E-state index is 12.9. The van der Waals surface area contributed by atoms with Crippen molar-refractivity contribution >= 4 is 28.5 Å². The molecule has 164 valence electrons. The molecule has 0 saturated heterocycles. The van der Waals surface area contributed by atoms with Gasteiger partial charge < -0.3 is 9.47 Å². The largest absolute Gasteiger partial charge is 0.496 e. The van der Waals surface area contributed by atoms with E-state index < -0.39 is 5.54 Å². The lowest BCUT2D eigenvalue weighted by atomic mass is 9.78. The highest BCUT2D eigenvalue weighted by Gasteiger charge is 2.54. The van der Waals surface area contributed by atoms with Crippen molar-refractivity contribution in [3.63, 3.8) is 0 Å². The van der Waals surface area contributed by atoms with E-state index in [2.05, 4.69) is 29.4 Å². The van der Waals surface area contributed by atoms with Crippen LogP contribution in [0.15, 0.2) is 82.6 Å². The zero-order valence-electron chi connectivity index (χ0n) is 18.6. The highest BCUT2D eigenvalue weighted by Crippen LogP contribution is 2.55. The minimum atomic E-state index is -0.461. The molecule has 0 fully saturated rings. The van der Waals surface area contributed by atoms with Crippen LogP contribution >= 0.6 is 11.8 Å². The Hall–Kier alpha value is -3.19. The number of ether oxygens (including phenoxy) is 2. The molecule has 1 unspecified atom stereocenters. The van der Waals surface area contributed by atoms with E-state index in [1.54, 1.807) is 20.4 Å². The molecule has 7 heteroatoms. The van der Waals surface area contributed by atoms with Crippen LogP contribution in [0, 0.1) is 0 Å². The quantitative estimate of drug-likeness (QED) is 0.607. The lowest BCUT2D eigenvalue weighted by Crippen LogP contribution is -2.48. The Labute approximate surface area is 191 Å². The van der Waals surface area contributed by atoms with Crippen molar-refractivity contribution in [2.45, 2.75) is 37.3 Å². The summed E-state index contributed by atoms with van der Waals surface area (Å²) in [6.45, 7) is 4.18. The first-order valence-corrected chi connectivity index (χ1v) is 11.3. The predicted molar refractivity (Wildman–Crippen MR) is 126 cm³/mol. The Bertz CT molecular complexity index is 1220. The number of methoxy groups -OCH3 is 2. The van der Waals surface area contributed by atoms with Crippen molar-refractivity contribution in [3.05, 3.63) is 83.1 Å². The van der Waals surface area contributed by atoms with Gasteiger partial charge in [-0.15, -0.1) is 0 Å². The summed E-state index contributed by atoms with van der Waals surface area (Å²) >= 11 is 1.23. The van der Waals surface area contributed by atoms with Crippen LogP contribution in [0.2, 0.25) is 0 Å². The second-order valence-corrected chi connectivity index (χ2v) is 9.24. The highest BCUT2D eigenvalue weighted by atomic mass is 32.2. The molecule has 0 bridgehead atoms. The third-order valence-electron chi connectivity index (χ3n) is 6.22. The third kappa shape index (κ3) is 2.95. The number of anilines is 1. The number of allylic oxidation sites excluding steroid dienone is 3. The van der Waals surface area contributed by atoms with Crippen molar-refractivity contribution in [3.8, 4) is 0 Å². The van der Waals surface area contributed by atoms with Gasteiger partial charge in [-0.05, 0) is 42.8 Å². The molecule has 0 amide bonds. The van der Waals surface area contributed by atoms with Gasteiger partial charge in [0.2, 0.25) is 5.95 Å². The summed E-state index contributed by atoms with van der Waals surface area (Å²) < 4.78 is 13.6. The molecule has 1 aliphatic carbocycles. The van der Waals surface area contributed by atoms with Gasteiger partial charge in [-0.3, -0.25) is 14.3 Å². The van der Waals surface area contributed by atoms with Gasteiger partial charge >= 0.3 is 0 Å². The molecule has 3 aliphatic rings. The normalized spacial score (nSPS) is 21.2. The number of aromatic nitrogens is 2. The van der Waals surface area contributed by atoms with Crippen LogP contribution in [0.4, 0.5) is 5.95 Å². The van der Waals surface area contributed by atoms with Crippen molar-refractivity contribution in [2.24, 2.45) is 0 Å². The lowest BCUT2D eigenvalue weighted by Gasteiger charge is -2.42. The zero-order valence-corrected chi connectivity index (χ0v) is 19.4. The van der Waals surface area contributed by atoms with E-state index in [0.29, 0.717) is 6.42 Å². The first kappa shape index (κ1) is 20.7. The number of hydrogen-bond acceptors (Lipinski definition) is 6. The van der Waals surface area contributed by atoms with E-state index >= 15 is 0 Å². The summed E-state index contributed by atoms with van der Waals surface area (Å²) in [5.41, 5.74) is 3.80. The van der Waals surface area contributed by atoms with Gasteiger partial charge in [0.05, 0.1) is 26.1 Å². The standard InChI is InChI=1S/C25H25N3O3S/c1-16-14-25-12-8-11-19(30-3)28(25)24-26-15-20(27(24)23(25)17(2)22(16)31-4)32-21(29)13-18-9-6-5-7-10-18/h5-12,15H,13-14H2,1-4H3. The second kappa shape index (κ2) is 7.74. The van der Waals surface area contributed by atoms with Crippen LogP contribution < -0.4 is 4.90 Å². The maximum Gasteiger partial charge on any atom is 0.219 e. The Morgan fingerprint density at radius 2 is 1.97 bits per heavy atom. The Kier molecular flexibility index (Phi) is 5.01. The topological polar surface area (TPSA) is 56.6 Å². The minimum absolute atomic E-state index is 0.0728. The van der Waals surface area contributed by atoms with Crippen LogP contribution in [-0.4, -0.2) is 34.4 Å². The van der Waals surface area contributed by atoms with Gasteiger partial charge in [-0.25, -0.2) is 4.98 Å². The van der Waals surface area contributed by atoms with Crippen LogP contribution in [0.1, 0.15) is 25.8 Å². The fourth-order valence-corrected chi connectivity index (χ4v) is 5.93. The molecule has 5 rings (SSSR count). The van der Waals surface area contributed by atoms with Crippen molar-refractivity contribution in [2.75, 3.05) is 19.1 Å². The number of hydrogen-bond donors (Lipinski definition) is 0. The molecular formula is C25H25N3O3S. The van der Waals surface area contributed by atoms with Gasteiger partial charge in [-0.1, -0.05) is 42.5 Å². The number of imidazole rings is 1. The Morgan fingerprint density at radius 3 is 2.69 bits per heavy atom. The van der Waals surface area contributed by atoms with Gasteiger partial charge in [-0.2, -0.15) is 0 Å². The number of carbonyl (C=O) groups is 1. The average Bonchev–Trinajstić information content (AvgIpc) is 3.29. The molecule has 2 aromatic rings. The third-order valence-corrected chi connectivity index (χ3v) is 7.08. The molecule has 1 spiro atoms. The number of rotatable bonds is 5. The molecule has 0 N–H and O–H groups in total. The number of carbonyl (C=O) groups excluding carboxylic acids is 1. The molecule has 1 aromatic carbocycles. The first-order valence-electron chi connectivity index (χ1n) is 10.5. The monoisotopic (exact) mass is 447 g/mol. The Morgan fingerprint density at radius 1 is 1.19 bits per heavy atom. The van der Waals surface area contributed by atoms with E-state index in [4.69, 9.17) is 14.5 Å². The number of benzene rings is 1. The molecule has 6 nitrogen and oxygen atoms in total. The molecular weight excluding hydrogens is 422 g/mol. The Balaban J connectivity index is 1.61. The summed E-state index contributed by atoms with van der Waals surface area (Å²) in [6.07, 6.45) is 9.06. The van der Waals surface area contributed by atoms with Gasteiger partial charge in [0.15, 0.2) is 11.0 Å². The molecule has 3 heterocycles. The molecule has 1 atom stereocenters. The number of fused-ring (bicyclic) bond motifs is 3. The van der Waals surface area contributed by atoms with Gasteiger partial charge in [0.25, 0.3) is 0 Å². The SMILES string of the molecule is COC1=CC=CC23CC(C)=C(OC)C(C)=C2n2c(SC(=O)Cc4ccccc4)cnc2N13. The summed E-state index contributed by atoms with van der Waals surface area (Å²) in [7, 11) is 3.38. The van der Waals surface area contributed by atoms with Gasteiger partial charge in [0, 0.05) is 18.4 Å². The van der Waals surface area contributed by atoms with Crippen LogP contribution in [0.5, 0.6) is 0 Å². The van der Waals surface area contributed by atoms with Crippen molar-refractivity contribution in [1.29, 1.82) is 0 Å². The predicted octanol–water partition coefficient (Wildman–Crippen LogP) is 4.92. The number of nitrogens with zero attached hydrogens (tertiary/aromatic N) is 3. The minimum Gasteiger partial charge on any atom is -0.496 e. The summed E-state index contributed by atoms with van der Waals surface area (Å²) in [5, 5.41) is 0.867. The maximum absolute atomic E-state index is 12.9. The molecule has 32 heavy (non-hydrogen) atoms. The van der Waals surface area contributed by atoms with Crippen LogP contribution in [0.3, 0.4) is 0 Å². The zero-order chi connectivity index (χ0) is 22.5.